The molecule has 2 aromatic heterocycles. The average Bonchev–Trinajstić information content (AvgIpc) is 3.34. The minimum Gasteiger partial charge on any atom is -0.467 e. The van der Waals surface area contributed by atoms with Crippen molar-refractivity contribution < 1.29 is 18.7 Å². The normalized spacial score (nSPS) is 10.5. The summed E-state index contributed by atoms with van der Waals surface area (Å²) in [7, 11) is 1.62. The summed E-state index contributed by atoms with van der Waals surface area (Å²) in [6.45, 7) is 0.558. The van der Waals surface area contributed by atoms with E-state index in [9.17, 15) is 9.59 Å². The second-order valence-corrected chi connectivity index (χ2v) is 5.70. The third-order valence-electron chi connectivity index (χ3n) is 3.73. The molecule has 0 aliphatic carbocycles. The fraction of sp³-hybridized carbons (Fsp3) is 0.222. The lowest BCUT2D eigenvalue weighted by atomic mass is 10.1. The zero-order valence-corrected chi connectivity index (χ0v) is 14.2. The van der Waals surface area contributed by atoms with E-state index in [1.165, 1.54) is 11.2 Å². The highest BCUT2D eigenvalue weighted by Gasteiger charge is 2.14. The third-order valence-corrected chi connectivity index (χ3v) is 3.73. The minimum absolute atomic E-state index is 0.308. The Morgan fingerprint density at radius 2 is 2.04 bits per heavy atom. The van der Waals surface area contributed by atoms with Gasteiger partial charge in [-0.05, 0) is 29.8 Å². The van der Waals surface area contributed by atoms with E-state index in [2.05, 4.69) is 10.1 Å². The first-order valence-corrected chi connectivity index (χ1v) is 7.96. The molecule has 0 unspecified atom stereocenters. The van der Waals surface area contributed by atoms with Gasteiger partial charge in [0.2, 0.25) is 0 Å². The van der Waals surface area contributed by atoms with Crippen molar-refractivity contribution in [3.05, 3.63) is 72.2 Å². The van der Waals surface area contributed by atoms with E-state index in [0.717, 1.165) is 5.56 Å². The van der Waals surface area contributed by atoms with E-state index in [-0.39, 0.29) is 12.5 Å². The van der Waals surface area contributed by atoms with E-state index >= 15 is 0 Å². The van der Waals surface area contributed by atoms with Gasteiger partial charge in [0.05, 0.1) is 24.9 Å². The van der Waals surface area contributed by atoms with Crippen LogP contribution in [0.15, 0.2) is 59.7 Å². The van der Waals surface area contributed by atoms with Crippen LogP contribution in [0.4, 0.5) is 0 Å². The Morgan fingerprint density at radius 1 is 1.23 bits per heavy atom. The van der Waals surface area contributed by atoms with Crippen LogP contribution in [0, 0.1) is 0 Å². The first-order valence-electron chi connectivity index (χ1n) is 7.96. The van der Waals surface area contributed by atoms with Gasteiger partial charge in [-0.2, -0.15) is 5.10 Å². The summed E-state index contributed by atoms with van der Waals surface area (Å²) < 4.78 is 12.0. The fourth-order valence-electron chi connectivity index (χ4n) is 2.29. The fourth-order valence-corrected chi connectivity index (χ4v) is 2.29. The molecule has 0 saturated carbocycles. The Morgan fingerprint density at radius 3 is 2.69 bits per heavy atom. The van der Waals surface area contributed by atoms with Crippen LogP contribution in [0.2, 0.25) is 0 Å². The lowest BCUT2D eigenvalue weighted by Gasteiger charge is -2.15. The number of likely N-dealkylation sites (N-methyl/N-ethyl adjacent to an activating group) is 1. The summed E-state index contributed by atoms with van der Waals surface area (Å²) >= 11 is 0. The molecule has 3 rings (SSSR count). The third kappa shape index (κ3) is 4.56. The molecule has 0 bridgehead atoms. The van der Waals surface area contributed by atoms with Gasteiger partial charge in [0.1, 0.15) is 18.4 Å². The molecule has 0 fully saturated rings. The molecule has 0 saturated heterocycles. The standard InChI is InChI=1S/C18H18N4O4/c1-21(10-16-3-2-8-25-16)17(23)11-26-18(24)15-6-4-14(5-7-15)9-22-13-19-12-20-22/h2-8,12-13H,9-11H2,1H3. The summed E-state index contributed by atoms with van der Waals surface area (Å²) in [5, 5.41) is 4.03. The van der Waals surface area contributed by atoms with E-state index in [0.29, 0.717) is 24.4 Å². The van der Waals surface area contributed by atoms with Gasteiger partial charge in [-0.15, -0.1) is 0 Å². The number of esters is 1. The van der Waals surface area contributed by atoms with Gasteiger partial charge in [-0.25, -0.2) is 14.5 Å². The van der Waals surface area contributed by atoms with Crippen LogP contribution >= 0.6 is 0 Å². The zero-order valence-electron chi connectivity index (χ0n) is 14.2. The van der Waals surface area contributed by atoms with Gasteiger partial charge in [-0.1, -0.05) is 12.1 Å². The summed E-state index contributed by atoms with van der Waals surface area (Å²) in [5.74, 6) is -0.190. The molecule has 8 heteroatoms. The van der Waals surface area contributed by atoms with Gasteiger partial charge >= 0.3 is 5.97 Å². The van der Waals surface area contributed by atoms with Crippen molar-refractivity contribution in [1.82, 2.24) is 19.7 Å². The van der Waals surface area contributed by atoms with Gasteiger partial charge in [0.25, 0.3) is 5.91 Å². The van der Waals surface area contributed by atoms with Gasteiger partial charge < -0.3 is 14.1 Å². The summed E-state index contributed by atoms with van der Waals surface area (Å²) in [5.41, 5.74) is 1.36. The van der Waals surface area contributed by atoms with E-state index in [1.807, 2.05) is 12.1 Å². The van der Waals surface area contributed by atoms with Crippen molar-refractivity contribution in [2.24, 2.45) is 0 Å². The molecule has 1 aromatic carbocycles. The molecule has 0 aliphatic heterocycles. The Labute approximate surface area is 150 Å². The Balaban J connectivity index is 1.49. The number of rotatable bonds is 7. The molecular formula is C18H18N4O4. The largest absolute Gasteiger partial charge is 0.467 e. The van der Waals surface area contributed by atoms with Crippen LogP contribution in [-0.4, -0.2) is 45.2 Å². The monoisotopic (exact) mass is 354 g/mol. The molecule has 0 aliphatic rings. The Kier molecular flexibility index (Phi) is 5.43. The number of ether oxygens (including phenoxy) is 1. The van der Waals surface area contributed by atoms with Crippen LogP contribution in [-0.2, 0) is 22.6 Å². The highest BCUT2D eigenvalue weighted by atomic mass is 16.5. The van der Waals surface area contributed by atoms with Gasteiger partial charge in [-0.3, -0.25) is 4.79 Å². The Bertz CT molecular complexity index is 842. The second-order valence-electron chi connectivity index (χ2n) is 5.70. The number of furan rings is 1. The lowest BCUT2D eigenvalue weighted by Crippen LogP contribution is -2.30. The zero-order chi connectivity index (χ0) is 18.4. The van der Waals surface area contributed by atoms with Crippen molar-refractivity contribution in [3.63, 3.8) is 0 Å². The molecule has 26 heavy (non-hydrogen) atoms. The average molecular weight is 354 g/mol. The molecule has 0 N–H and O–H groups in total. The number of benzene rings is 1. The second kappa shape index (κ2) is 8.11. The highest BCUT2D eigenvalue weighted by Crippen LogP contribution is 2.08. The van der Waals surface area contributed by atoms with Crippen molar-refractivity contribution >= 4 is 11.9 Å². The minimum atomic E-state index is -0.544. The predicted molar refractivity (Wildman–Crippen MR) is 91.0 cm³/mol. The van der Waals surface area contributed by atoms with Crippen LogP contribution in [0.3, 0.4) is 0 Å². The number of amides is 1. The maximum atomic E-state index is 12.1. The molecule has 134 valence electrons. The van der Waals surface area contributed by atoms with Crippen LogP contribution in [0.1, 0.15) is 21.7 Å². The van der Waals surface area contributed by atoms with E-state index in [4.69, 9.17) is 9.15 Å². The van der Waals surface area contributed by atoms with Crippen LogP contribution in [0.5, 0.6) is 0 Å². The molecule has 0 atom stereocenters. The number of hydrogen-bond donors (Lipinski definition) is 0. The summed E-state index contributed by atoms with van der Waals surface area (Å²) in [6.07, 6.45) is 4.62. The maximum Gasteiger partial charge on any atom is 0.338 e. The molecule has 1 amide bonds. The van der Waals surface area contributed by atoms with Crippen LogP contribution in [0.25, 0.3) is 0 Å². The first-order chi connectivity index (χ1) is 12.6. The van der Waals surface area contributed by atoms with Crippen molar-refractivity contribution in [3.8, 4) is 0 Å². The van der Waals surface area contributed by atoms with Gasteiger partial charge in [0.15, 0.2) is 6.61 Å². The van der Waals surface area contributed by atoms with E-state index < -0.39 is 5.97 Å². The van der Waals surface area contributed by atoms with Gasteiger partial charge in [0, 0.05) is 7.05 Å². The summed E-state index contributed by atoms with van der Waals surface area (Å²) in [6, 6.07) is 10.5. The molecule has 8 nitrogen and oxygen atoms in total. The SMILES string of the molecule is CN(Cc1ccco1)C(=O)COC(=O)c1ccc(Cn2cncn2)cc1. The van der Waals surface area contributed by atoms with Crippen molar-refractivity contribution in [1.29, 1.82) is 0 Å². The number of carbonyl (C=O) groups is 2. The summed E-state index contributed by atoms with van der Waals surface area (Å²) in [4.78, 5) is 29.4. The topological polar surface area (TPSA) is 90.5 Å². The molecule has 0 radical (unpaired) electrons. The Hall–Kier alpha value is -3.42. The quantitative estimate of drug-likeness (QED) is 0.600. The number of aromatic nitrogens is 3. The predicted octanol–water partition coefficient (Wildman–Crippen LogP) is 1.73. The maximum absolute atomic E-state index is 12.1. The number of carbonyl (C=O) groups excluding carboxylic acids is 2. The number of hydrogen-bond acceptors (Lipinski definition) is 6. The molecular weight excluding hydrogens is 336 g/mol. The smallest absolute Gasteiger partial charge is 0.338 e. The lowest BCUT2D eigenvalue weighted by molar-refractivity contribution is -0.133. The van der Waals surface area contributed by atoms with Crippen molar-refractivity contribution in [2.75, 3.05) is 13.7 Å². The highest BCUT2D eigenvalue weighted by molar-refractivity contribution is 5.91. The number of nitrogens with zero attached hydrogens (tertiary/aromatic N) is 4. The van der Waals surface area contributed by atoms with Crippen LogP contribution < -0.4 is 0 Å². The molecule has 3 aromatic rings. The van der Waals surface area contributed by atoms with E-state index in [1.54, 1.807) is 48.6 Å². The first kappa shape index (κ1) is 17.4. The molecule has 2 heterocycles. The molecule has 0 spiro atoms. The van der Waals surface area contributed by atoms with Crippen molar-refractivity contribution in [2.45, 2.75) is 13.1 Å².